The summed E-state index contributed by atoms with van der Waals surface area (Å²) in [4.78, 5) is 0. The van der Waals surface area contributed by atoms with Gasteiger partial charge in [-0.25, -0.2) is 0 Å². The van der Waals surface area contributed by atoms with Gasteiger partial charge in [-0.05, 0) is 25.3 Å². The van der Waals surface area contributed by atoms with E-state index in [1.807, 2.05) is 19.1 Å². The van der Waals surface area contributed by atoms with Gasteiger partial charge in [-0.1, -0.05) is 50.1 Å². The highest BCUT2D eigenvalue weighted by Gasteiger charge is 2.25. The molecule has 0 aromatic heterocycles. The quantitative estimate of drug-likeness (QED) is 0.775. The van der Waals surface area contributed by atoms with Crippen LogP contribution in [0.15, 0.2) is 24.3 Å². The molecule has 1 atom stereocenters. The summed E-state index contributed by atoms with van der Waals surface area (Å²) in [6, 6.07) is 8.19. The molecule has 0 saturated heterocycles. The molecule has 0 amide bonds. The lowest BCUT2D eigenvalue weighted by molar-refractivity contribution is 0.0226. The second kappa shape index (κ2) is 4.61. The van der Waals surface area contributed by atoms with E-state index >= 15 is 0 Å². The van der Waals surface area contributed by atoms with E-state index in [1.54, 1.807) is 0 Å². The maximum absolute atomic E-state index is 10.4. The van der Waals surface area contributed by atoms with Crippen molar-refractivity contribution in [3.8, 4) is 0 Å². The fraction of sp³-hybridized carbons (Fsp3) is 0.538. The maximum atomic E-state index is 10.4. The molecule has 0 aliphatic rings. The Morgan fingerprint density at radius 3 is 2.14 bits per heavy atom. The first kappa shape index (κ1) is 11.3. The van der Waals surface area contributed by atoms with Crippen LogP contribution in [0.3, 0.4) is 0 Å². The van der Waals surface area contributed by atoms with Gasteiger partial charge in [-0.15, -0.1) is 0 Å². The molecule has 1 aromatic carbocycles. The van der Waals surface area contributed by atoms with Gasteiger partial charge in [0, 0.05) is 0 Å². The standard InChI is InChI=1S/C13H20O/c1-4-10-13(14,5-2)12-8-6-11(3)7-9-12/h6-9,14H,4-5,10H2,1-3H3. The van der Waals surface area contributed by atoms with Crippen LogP contribution < -0.4 is 0 Å². The maximum Gasteiger partial charge on any atom is 0.0893 e. The van der Waals surface area contributed by atoms with Gasteiger partial charge in [0.2, 0.25) is 0 Å². The van der Waals surface area contributed by atoms with E-state index in [1.165, 1.54) is 5.56 Å². The zero-order valence-corrected chi connectivity index (χ0v) is 9.38. The van der Waals surface area contributed by atoms with Gasteiger partial charge in [0.05, 0.1) is 5.60 Å². The molecule has 1 aromatic rings. The monoisotopic (exact) mass is 192 g/mol. The zero-order chi connectivity index (χ0) is 10.6. The van der Waals surface area contributed by atoms with Crippen LogP contribution in [0.2, 0.25) is 0 Å². The first-order chi connectivity index (χ1) is 6.62. The first-order valence-electron chi connectivity index (χ1n) is 5.42. The molecule has 1 unspecified atom stereocenters. The topological polar surface area (TPSA) is 20.2 Å². The van der Waals surface area contributed by atoms with Crippen LogP contribution in [-0.2, 0) is 5.60 Å². The molecule has 0 saturated carbocycles. The second-order valence-electron chi connectivity index (χ2n) is 4.00. The summed E-state index contributed by atoms with van der Waals surface area (Å²) in [6.07, 6.45) is 2.63. The molecule has 1 rings (SSSR count). The average Bonchev–Trinajstić information content (AvgIpc) is 2.19. The van der Waals surface area contributed by atoms with E-state index in [0.717, 1.165) is 24.8 Å². The van der Waals surface area contributed by atoms with Gasteiger partial charge >= 0.3 is 0 Å². The highest BCUT2D eigenvalue weighted by Crippen LogP contribution is 2.29. The molecule has 0 heterocycles. The number of aryl methyl sites for hydroxylation is 1. The summed E-state index contributed by atoms with van der Waals surface area (Å²) >= 11 is 0. The molecule has 0 bridgehead atoms. The molecule has 14 heavy (non-hydrogen) atoms. The number of aliphatic hydroxyl groups is 1. The summed E-state index contributed by atoms with van der Waals surface area (Å²) in [6.45, 7) is 6.21. The fourth-order valence-corrected chi connectivity index (χ4v) is 1.80. The molecule has 0 aliphatic heterocycles. The van der Waals surface area contributed by atoms with E-state index in [9.17, 15) is 5.11 Å². The third kappa shape index (κ3) is 2.36. The molecule has 0 radical (unpaired) electrons. The lowest BCUT2D eigenvalue weighted by Gasteiger charge is -2.27. The number of hydrogen-bond acceptors (Lipinski definition) is 1. The minimum Gasteiger partial charge on any atom is -0.385 e. The molecule has 78 valence electrons. The van der Waals surface area contributed by atoms with Gasteiger partial charge in [0.25, 0.3) is 0 Å². The minimum atomic E-state index is -0.623. The normalized spacial score (nSPS) is 15.1. The van der Waals surface area contributed by atoms with Crippen molar-refractivity contribution in [2.75, 3.05) is 0 Å². The van der Waals surface area contributed by atoms with Crippen molar-refractivity contribution in [1.82, 2.24) is 0 Å². The fourth-order valence-electron chi connectivity index (χ4n) is 1.80. The Bertz CT molecular complexity index is 276. The Kier molecular flexibility index (Phi) is 3.70. The van der Waals surface area contributed by atoms with E-state index in [2.05, 4.69) is 26.0 Å². The Balaban J connectivity index is 2.94. The zero-order valence-electron chi connectivity index (χ0n) is 9.38. The predicted octanol–water partition coefficient (Wildman–Crippen LogP) is 3.39. The van der Waals surface area contributed by atoms with Crippen LogP contribution in [-0.4, -0.2) is 5.11 Å². The number of rotatable bonds is 4. The Hall–Kier alpha value is -0.820. The van der Waals surface area contributed by atoms with Gasteiger partial charge in [-0.2, -0.15) is 0 Å². The van der Waals surface area contributed by atoms with E-state index in [-0.39, 0.29) is 0 Å². The Morgan fingerprint density at radius 2 is 1.71 bits per heavy atom. The Morgan fingerprint density at radius 1 is 1.14 bits per heavy atom. The molecular weight excluding hydrogens is 172 g/mol. The Labute approximate surface area is 86.8 Å². The van der Waals surface area contributed by atoms with Crippen molar-refractivity contribution in [3.63, 3.8) is 0 Å². The van der Waals surface area contributed by atoms with Crippen molar-refractivity contribution in [1.29, 1.82) is 0 Å². The van der Waals surface area contributed by atoms with E-state index in [4.69, 9.17) is 0 Å². The lowest BCUT2D eigenvalue weighted by atomic mass is 9.87. The summed E-state index contributed by atoms with van der Waals surface area (Å²) < 4.78 is 0. The van der Waals surface area contributed by atoms with Crippen molar-refractivity contribution in [3.05, 3.63) is 35.4 Å². The van der Waals surface area contributed by atoms with Crippen LogP contribution in [0.4, 0.5) is 0 Å². The van der Waals surface area contributed by atoms with Crippen LogP contribution in [0.25, 0.3) is 0 Å². The van der Waals surface area contributed by atoms with Crippen molar-refractivity contribution in [2.45, 2.75) is 45.6 Å². The smallest absolute Gasteiger partial charge is 0.0893 e. The third-order valence-electron chi connectivity index (χ3n) is 2.84. The lowest BCUT2D eigenvalue weighted by Crippen LogP contribution is -2.24. The molecule has 0 spiro atoms. The van der Waals surface area contributed by atoms with Crippen molar-refractivity contribution >= 4 is 0 Å². The summed E-state index contributed by atoms with van der Waals surface area (Å²) in [5.41, 5.74) is 1.67. The van der Waals surface area contributed by atoms with Crippen LogP contribution in [0.1, 0.15) is 44.2 Å². The van der Waals surface area contributed by atoms with Gasteiger partial charge in [0.1, 0.15) is 0 Å². The van der Waals surface area contributed by atoms with E-state index < -0.39 is 5.60 Å². The highest BCUT2D eigenvalue weighted by molar-refractivity contribution is 5.26. The van der Waals surface area contributed by atoms with Crippen molar-refractivity contribution < 1.29 is 5.11 Å². The van der Waals surface area contributed by atoms with Crippen LogP contribution in [0, 0.1) is 6.92 Å². The minimum absolute atomic E-state index is 0.623. The van der Waals surface area contributed by atoms with Crippen LogP contribution >= 0.6 is 0 Å². The molecule has 0 aliphatic carbocycles. The number of hydrogen-bond donors (Lipinski definition) is 1. The molecular formula is C13H20O. The molecule has 1 heteroatoms. The SMILES string of the molecule is CCCC(O)(CC)c1ccc(C)cc1. The van der Waals surface area contributed by atoms with Crippen molar-refractivity contribution in [2.24, 2.45) is 0 Å². The van der Waals surface area contributed by atoms with Gasteiger partial charge in [0.15, 0.2) is 0 Å². The first-order valence-corrected chi connectivity index (χ1v) is 5.42. The molecule has 1 N–H and O–H groups in total. The molecule has 1 nitrogen and oxygen atoms in total. The largest absolute Gasteiger partial charge is 0.385 e. The summed E-state index contributed by atoms with van der Waals surface area (Å²) in [5, 5.41) is 10.4. The second-order valence-corrected chi connectivity index (χ2v) is 4.00. The predicted molar refractivity (Wildman–Crippen MR) is 60.3 cm³/mol. The van der Waals surface area contributed by atoms with Gasteiger partial charge < -0.3 is 5.11 Å². The number of benzene rings is 1. The molecule has 0 fully saturated rings. The van der Waals surface area contributed by atoms with Crippen LogP contribution in [0.5, 0.6) is 0 Å². The summed E-state index contributed by atoms with van der Waals surface area (Å²) in [7, 11) is 0. The average molecular weight is 192 g/mol. The van der Waals surface area contributed by atoms with Gasteiger partial charge in [-0.3, -0.25) is 0 Å². The summed E-state index contributed by atoms with van der Waals surface area (Å²) in [5.74, 6) is 0. The van der Waals surface area contributed by atoms with E-state index in [0.29, 0.717) is 0 Å². The highest BCUT2D eigenvalue weighted by atomic mass is 16.3. The third-order valence-corrected chi connectivity index (χ3v) is 2.84.